The van der Waals surface area contributed by atoms with Gasteiger partial charge in [0.15, 0.2) is 0 Å². The second-order valence-corrected chi connectivity index (χ2v) is 16.6. The van der Waals surface area contributed by atoms with Crippen LogP contribution in [0.5, 0.6) is 0 Å². The van der Waals surface area contributed by atoms with E-state index in [0.717, 1.165) is 57.8 Å². The molecule has 10 nitrogen and oxygen atoms in total. The molecule has 0 spiro atoms. The van der Waals surface area contributed by atoms with E-state index in [-0.39, 0.29) is 13.0 Å². The lowest BCUT2D eigenvalue weighted by atomic mass is 10.1. The molecular formula is C49H84NO9P. The van der Waals surface area contributed by atoms with Gasteiger partial charge < -0.3 is 25.2 Å². The standard InChI is InChI=1S/C49H84NO9P/c1-3-5-7-9-11-13-15-17-19-21-23-25-27-29-31-33-35-37-39-41-48(51)59-46(44-57-60(54,55)58-45-47(50)49(52)53)43-56-42-40-38-36-34-32-30-28-26-24-22-20-18-16-14-12-10-8-6-4-2/h5,7,11,13,17,19-20,22-23,25,29,31,35,37,46-47H,3-4,6,8-10,12,14-16,18,21,24,26-28,30,32-34,36,38-45,50H2,1-2H3,(H,52,53)(H,54,55)/b7-5-,13-11-,19-17-,22-20-,25-23-,31-29-,37-35-. The molecule has 0 saturated heterocycles. The lowest BCUT2D eigenvalue weighted by molar-refractivity contribution is -0.154. The molecule has 60 heavy (non-hydrogen) atoms. The Morgan fingerprint density at radius 1 is 0.550 bits per heavy atom. The predicted molar refractivity (Wildman–Crippen MR) is 249 cm³/mol. The highest BCUT2D eigenvalue weighted by molar-refractivity contribution is 7.47. The van der Waals surface area contributed by atoms with Crippen molar-refractivity contribution in [2.45, 2.75) is 187 Å². The minimum atomic E-state index is -4.64. The monoisotopic (exact) mass is 862 g/mol. The van der Waals surface area contributed by atoms with Crippen molar-refractivity contribution in [3.63, 3.8) is 0 Å². The third-order valence-electron chi connectivity index (χ3n) is 9.42. The Hall–Kier alpha value is -2.85. The van der Waals surface area contributed by atoms with Crippen molar-refractivity contribution in [2.75, 3.05) is 26.4 Å². The Bertz CT molecular complexity index is 1270. The first-order chi connectivity index (χ1) is 29.2. The molecule has 0 saturated carbocycles. The average Bonchev–Trinajstić information content (AvgIpc) is 3.23. The molecule has 0 aromatic rings. The van der Waals surface area contributed by atoms with E-state index in [1.165, 1.54) is 89.9 Å². The molecular weight excluding hydrogens is 778 g/mol. The summed E-state index contributed by atoms with van der Waals surface area (Å²) in [5.74, 6) is -1.87. The molecule has 0 amide bonds. The van der Waals surface area contributed by atoms with E-state index >= 15 is 0 Å². The number of carboxylic acids is 1. The number of phosphoric ester groups is 1. The van der Waals surface area contributed by atoms with Gasteiger partial charge in [-0.15, -0.1) is 0 Å². The van der Waals surface area contributed by atoms with Crippen LogP contribution in [0.4, 0.5) is 0 Å². The van der Waals surface area contributed by atoms with Crippen molar-refractivity contribution >= 4 is 19.8 Å². The first-order valence-electron chi connectivity index (χ1n) is 23.1. The molecule has 0 aliphatic heterocycles. The zero-order valence-electron chi connectivity index (χ0n) is 37.5. The van der Waals surface area contributed by atoms with Gasteiger partial charge in [0, 0.05) is 13.0 Å². The smallest absolute Gasteiger partial charge is 0.472 e. The third-order valence-corrected chi connectivity index (χ3v) is 10.4. The fourth-order valence-corrected chi connectivity index (χ4v) is 6.64. The summed E-state index contributed by atoms with van der Waals surface area (Å²) in [6.45, 7) is 3.66. The maximum atomic E-state index is 12.6. The van der Waals surface area contributed by atoms with Gasteiger partial charge in [0.05, 0.1) is 19.8 Å². The zero-order chi connectivity index (χ0) is 44.0. The highest BCUT2D eigenvalue weighted by Crippen LogP contribution is 2.43. The maximum absolute atomic E-state index is 12.6. The van der Waals surface area contributed by atoms with Crippen LogP contribution in [0.2, 0.25) is 0 Å². The molecule has 0 rings (SSSR count). The number of esters is 1. The molecule has 3 unspecified atom stereocenters. The number of carbonyl (C=O) groups excluding carboxylic acids is 1. The Kier molecular flexibility index (Phi) is 42.1. The highest BCUT2D eigenvalue weighted by atomic mass is 31.2. The van der Waals surface area contributed by atoms with Crippen molar-refractivity contribution in [1.29, 1.82) is 0 Å². The second-order valence-electron chi connectivity index (χ2n) is 15.1. The number of carbonyl (C=O) groups is 2. The third kappa shape index (κ3) is 43.2. The molecule has 0 radical (unpaired) electrons. The van der Waals surface area contributed by atoms with Crippen LogP contribution in [-0.4, -0.2) is 60.5 Å². The van der Waals surface area contributed by atoms with Crippen LogP contribution in [-0.2, 0) is 32.7 Å². The van der Waals surface area contributed by atoms with E-state index in [9.17, 15) is 19.0 Å². The van der Waals surface area contributed by atoms with Gasteiger partial charge in [0.1, 0.15) is 12.1 Å². The summed E-state index contributed by atoms with van der Waals surface area (Å²) in [5.41, 5.74) is 5.36. The number of hydrogen-bond donors (Lipinski definition) is 3. The van der Waals surface area contributed by atoms with Crippen LogP contribution >= 0.6 is 7.82 Å². The summed E-state index contributed by atoms with van der Waals surface area (Å²) in [4.78, 5) is 33.6. The van der Waals surface area contributed by atoms with Crippen molar-refractivity contribution < 1.29 is 42.7 Å². The average molecular weight is 862 g/mol. The highest BCUT2D eigenvalue weighted by Gasteiger charge is 2.27. The number of rotatable bonds is 43. The summed E-state index contributed by atoms with van der Waals surface area (Å²) in [6.07, 6.45) is 56.5. The molecule has 0 fully saturated rings. The molecule has 0 aromatic carbocycles. The second kappa shape index (κ2) is 44.2. The van der Waals surface area contributed by atoms with Gasteiger partial charge in [-0.1, -0.05) is 176 Å². The van der Waals surface area contributed by atoms with E-state index < -0.39 is 45.1 Å². The van der Waals surface area contributed by atoms with Crippen LogP contribution in [0, 0.1) is 0 Å². The van der Waals surface area contributed by atoms with Crippen LogP contribution in [0.3, 0.4) is 0 Å². The molecule has 4 N–H and O–H groups in total. The Balaban J connectivity index is 4.34. The van der Waals surface area contributed by atoms with Crippen molar-refractivity contribution in [3.8, 4) is 0 Å². The molecule has 3 atom stereocenters. The van der Waals surface area contributed by atoms with Gasteiger partial charge in [0.2, 0.25) is 0 Å². The number of hydrogen-bond acceptors (Lipinski definition) is 8. The van der Waals surface area contributed by atoms with Crippen molar-refractivity contribution in [2.24, 2.45) is 5.73 Å². The van der Waals surface area contributed by atoms with Crippen LogP contribution in [0.25, 0.3) is 0 Å². The zero-order valence-corrected chi connectivity index (χ0v) is 38.4. The summed E-state index contributed by atoms with van der Waals surface area (Å²) in [6, 6.07) is -1.49. The van der Waals surface area contributed by atoms with E-state index in [2.05, 4.69) is 86.8 Å². The van der Waals surface area contributed by atoms with Gasteiger partial charge in [-0.25, -0.2) is 4.57 Å². The molecule has 0 bridgehead atoms. The maximum Gasteiger partial charge on any atom is 0.472 e. The lowest BCUT2D eigenvalue weighted by Gasteiger charge is -2.20. The molecule has 0 aromatic heterocycles. The Morgan fingerprint density at radius 2 is 0.967 bits per heavy atom. The Morgan fingerprint density at radius 3 is 1.45 bits per heavy atom. The molecule has 0 aliphatic carbocycles. The number of ether oxygens (including phenoxy) is 2. The van der Waals surface area contributed by atoms with Crippen LogP contribution < -0.4 is 5.73 Å². The first kappa shape index (κ1) is 57.1. The first-order valence-corrected chi connectivity index (χ1v) is 24.6. The van der Waals surface area contributed by atoms with Gasteiger partial charge in [-0.2, -0.15) is 0 Å². The number of phosphoric acid groups is 1. The van der Waals surface area contributed by atoms with E-state index in [1.807, 2.05) is 12.2 Å². The van der Waals surface area contributed by atoms with Crippen molar-refractivity contribution in [1.82, 2.24) is 0 Å². The number of allylic oxidation sites excluding steroid dienone is 14. The summed E-state index contributed by atoms with van der Waals surface area (Å²) >= 11 is 0. The van der Waals surface area contributed by atoms with Gasteiger partial charge in [-0.3, -0.25) is 18.6 Å². The summed E-state index contributed by atoms with van der Waals surface area (Å²) < 4.78 is 33.3. The number of unbranched alkanes of at least 4 members (excludes halogenated alkanes) is 15. The predicted octanol–water partition coefficient (Wildman–Crippen LogP) is 13.1. The fourth-order valence-electron chi connectivity index (χ4n) is 5.86. The largest absolute Gasteiger partial charge is 0.480 e. The minimum absolute atomic E-state index is 0.0201. The van der Waals surface area contributed by atoms with E-state index in [1.54, 1.807) is 0 Å². The lowest BCUT2D eigenvalue weighted by Crippen LogP contribution is -2.34. The van der Waals surface area contributed by atoms with E-state index in [0.29, 0.717) is 13.0 Å². The van der Waals surface area contributed by atoms with Gasteiger partial charge in [-0.05, 0) is 77.0 Å². The molecule has 344 valence electrons. The van der Waals surface area contributed by atoms with Gasteiger partial charge in [0.25, 0.3) is 0 Å². The molecule has 0 heterocycles. The number of carboxylic acid groups (broad SMARTS) is 1. The number of nitrogens with two attached hydrogens (primary N) is 1. The topological polar surface area (TPSA) is 155 Å². The molecule has 11 heteroatoms. The summed E-state index contributed by atoms with van der Waals surface area (Å²) in [7, 11) is -4.64. The summed E-state index contributed by atoms with van der Waals surface area (Å²) in [5, 5.41) is 8.91. The number of aliphatic carboxylic acids is 1. The minimum Gasteiger partial charge on any atom is -0.480 e. The Labute approximate surface area is 365 Å². The van der Waals surface area contributed by atoms with Crippen LogP contribution in [0.1, 0.15) is 174 Å². The SMILES string of the molecule is CC/C=C\C/C=C\C/C=C\C/C=C\C/C=C\C/C=C\CCC(=O)OC(COCCCCCCCCCC/C=C\CCCCCCCCC)COP(=O)(O)OCC(N)C(=O)O. The van der Waals surface area contributed by atoms with Crippen LogP contribution in [0.15, 0.2) is 85.1 Å². The van der Waals surface area contributed by atoms with E-state index in [4.69, 9.17) is 29.4 Å². The fraction of sp³-hybridized carbons (Fsp3) is 0.673. The van der Waals surface area contributed by atoms with Crippen molar-refractivity contribution in [3.05, 3.63) is 85.1 Å². The normalized spacial score (nSPS) is 14.6. The quantitative estimate of drug-likeness (QED) is 0.0233. The van der Waals surface area contributed by atoms with Gasteiger partial charge >= 0.3 is 19.8 Å². The molecule has 0 aliphatic rings.